The van der Waals surface area contributed by atoms with Crippen molar-refractivity contribution in [3.05, 3.63) is 10.4 Å². The standard InChI is InChI=1S/C14H19N3O3S/c15-10-9(13(16)20)14(17-5-3-8(18)4-6-17)21-12(10)11(19)7-1-2-7/h7-8,18H,1-6,15H2,(H2,16,20). The highest BCUT2D eigenvalue weighted by atomic mass is 32.1. The van der Waals surface area contributed by atoms with E-state index >= 15 is 0 Å². The highest BCUT2D eigenvalue weighted by Crippen LogP contribution is 2.43. The number of rotatable bonds is 4. The van der Waals surface area contributed by atoms with Crippen LogP contribution in [-0.4, -0.2) is 36.0 Å². The minimum absolute atomic E-state index is 0.0308. The molecule has 1 aromatic rings. The third kappa shape index (κ3) is 2.63. The van der Waals surface area contributed by atoms with E-state index in [0.717, 1.165) is 12.8 Å². The van der Waals surface area contributed by atoms with Gasteiger partial charge in [0.1, 0.15) is 5.00 Å². The first-order valence-electron chi connectivity index (χ1n) is 7.18. The molecule has 1 aliphatic carbocycles. The summed E-state index contributed by atoms with van der Waals surface area (Å²) in [5, 5.41) is 10.3. The van der Waals surface area contributed by atoms with Gasteiger partial charge in [0.2, 0.25) is 0 Å². The zero-order valence-corrected chi connectivity index (χ0v) is 12.5. The lowest BCUT2D eigenvalue weighted by Gasteiger charge is -2.30. The molecule has 0 atom stereocenters. The topological polar surface area (TPSA) is 110 Å². The predicted molar refractivity (Wildman–Crippen MR) is 81.8 cm³/mol. The molecule has 0 radical (unpaired) electrons. The van der Waals surface area contributed by atoms with E-state index in [2.05, 4.69) is 0 Å². The molecular formula is C14H19N3O3S. The molecule has 21 heavy (non-hydrogen) atoms. The molecule has 1 amide bonds. The Morgan fingerprint density at radius 3 is 2.33 bits per heavy atom. The molecule has 2 fully saturated rings. The Labute approximate surface area is 126 Å². The van der Waals surface area contributed by atoms with Crippen molar-refractivity contribution in [3.8, 4) is 0 Å². The van der Waals surface area contributed by atoms with E-state index in [1.54, 1.807) is 0 Å². The maximum atomic E-state index is 12.3. The molecule has 1 aromatic heterocycles. The lowest BCUT2D eigenvalue weighted by Crippen LogP contribution is -2.36. The summed E-state index contributed by atoms with van der Waals surface area (Å²) < 4.78 is 0. The van der Waals surface area contributed by atoms with Crippen molar-refractivity contribution in [1.29, 1.82) is 0 Å². The Morgan fingerprint density at radius 1 is 1.19 bits per heavy atom. The van der Waals surface area contributed by atoms with E-state index in [1.165, 1.54) is 11.3 Å². The van der Waals surface area contributed by atoms with Crippen molar-refractivity contribution in [2.45, 2.75) is 31.8 Å². The normalized spacial score (nSPS) is 19.8. The molecule has 2 aliphatic rings. The second kappa shape index (κ2) is 5.31. The van der Waals surface area contributed by atoms with Gasteiger partial charge in [-0.2, -0.15) is 0 Å². The number of nitrogens with zero attached hydrogens (tertiary/aromatic N) is 1. The Hall–Kier alpha value is -1.60. The highest BCUT2D eigenvalue weighted by Gasteiger charge is 2.36. The van der Waals surface area contributed by atoms with Crippen LogP contribution >= 0.6 is 11.3 Å². The average molecular weight is 309 g/mol. The van der Waals surface area contributed by atoms with Crippen LogP contribution in [0.1, 0.15) is 45.7 Å². The Morgan fingerprint density at radius 2 is 1.81 bits per heavy atom. The fourth-order valence-corrected chi connectivity index (χ4v) is 3.97. The van der Waals surface area contributed by atoms with Gasteiger partial charge in [0.15, 0.2) is 5.78 Å². The number of primary amides is 1. The second-order valence-electron chi connectivity index (χ2n) is 5.75. The molecule has 1 saturated heterocycles. The van der Waals surface area contributed by atoms with Gasteiger partial charge >= 0.3 is 0 Å². The van der Waals surface area contributed by atoms with Crippen LogP contribution in [0, 0.1) is 5.92 Å². The van der Waals surface area contributed by atoms with Crippen LogP contribution in [0.5, 0.6) is 0 Å². The average Bonchev–Trinajstić information content (AvgIpc) is 3.22. The number of hydrogen-bond donors (Lipinski definition) is 3. The largest absolute Gasteiger partial charge is 0.397 e. The molecule has 7 heteroatoms. The number of aliphatic hydroxyl groups is 1. The number of piperidine rings is 1. The van der Waals surface area contributed by atoms with Crippen LogP contribution in [0.25, 0.3) is 0 Å². The minimum atomic E-state index is -0.597. The van der Waals surface area contributed by atoms with Gasteiger partial charge in [-0.3, -0.25) is 9.59 Å². The Bertz CT molecular complexity index is 587. The Balaban J connectivity index is 1.96. The molecular weight excluding hydrogens is 290 g/mol. The quantitative estimate of drug-likeness (QED) is 0.718. The van der Waals surface area contributed by atoms with E-state index in [4.69, 9.17) is 11.5 Å². The van der Waals surface area contributed by atoms with Crippen LogP contribution in [0.2, 0.25) is 0 Å². The number of nitrogen functional groups attached to an aromatic ring is 1. The number of carbonyl (C=O) groups is 2. The number of Topliss-reactive ketones (excluding diaryl/α,β-unsaturated/α-hetero) is 1. The SMILES string of the molecule is NC(=O)c1c(N2CCC(O)CC2)sc(C(=O)C2CC2)c1N. The monoisotopic (exact) mass is 309 g/mol. The maximum absolute atomic E-state index is 12.3. The van der Waals surface area contributed by atoms with E-state index in [1.807, 2.05) is 4.90 Å². The number of anilines is 2. The van der Waals surface area contributed by atoms with Crippen LogP contribution < -0.4 is 16.4 Å². The van der Waals surface area contributed by atoms with Gasteiger partial charge in [0.25, 0.3) is 5.91 Å². The number of nitrogens with two attached hydrogens (primary N) is 2. The summed E-state index contributed by atoms with van der Waals surface area (Å²) >= 11 is 1.27. The lowest BCUT2D eigenvalue weighted by molar-refractivity contribution is 0.0972. The van der Waals surface area contributed by atoms with Gasteiger partial charge in [-0.1, -0.05) is 0 Å². The summed E-state index contributed by atoms with van der Waals surface area (Å²) in [4.78, 5) is 26.5. The lowest BCUT2D eigenvalue weighted by atomic mass is 10.1. The molecule has 1 saturated carbocycles. The number of amides is 1. The number of carbonyl (C=O) groups excluding carboxylic acids is 2. The van der Waals surface area contributed by atoms with Crippen LogP contribution in [0.4, 0.5) is 10.7 Å². The van der Waals surface area contributed by atoms with Gasteiger partial charge in [-0.25, -0.2) is 0 Å². The first-order chi connectivity index (χ1) is 9.99. The molecule has 114 valence electrons. The van der Waals surface area contributed by atoms with Crippen molar-refractivity contribution < 1.29 is 14.7 Å². The van der Waals surface area contributed by atoms with Gasteiger partial charge in [0, 0.05) is 19.0 Å². The van der Waals surface area contributed by atoms with Crippen molar-refractivity contribution in [2.75, 3.05) is 23.7 Å². The fourth-order valence-electron chi connectivity index (χ4n) is 2.68. The van der Waals surface area contributed by atoms with Gasteiger partial charge in [-0.05, 0) is 25.7 Å². The van der Waals surface area contributed by atoms with Crippen molar-refractivity contribution in [3.63, 3.8) is 0 Å². The summed E-state index contributed by atoms with van der Waals surface area (Å²) in [7, 11) is 0. The predicted octanol–water partition coefficient (Wildman–Crippen LogP) is 0.983. The molecule has 5 N–H and O–H groups in total. The van der Waals surface area contributed by atoms with Gasteiger partial charge in [-0.15, -0.1) is 11.3 Å². The van der Waals surface area contributed by atoms with E-state index in [-0.39, 0.29) is 29.1 Å². The number of ketones is 1. The highest BCUT2D eigenvalue weighted by molar-refractivity contribution is 7.19. The maximum Gasteiger partial charge on any atom is 0.253 e. The molecule has 6 nitrogen and oxygen atoms in total. The van der Waals surface area contributed by atoms with Crippen molar-refractivity contribution in [1.82, 2.24) is 0 Å². The molecule has 0 unspecified atom stereocenters. The van der Waals surface area contributed by atoms with Crippen molar-refractivity contribution in [2.24, 2.45) is 11.7 Å². The first-order valence-corrected chi connectivity index (χ1v) is 8.00. The van der Waals surface area contributed by atoms with Crippen LogP contribution in [-0.2, 0) is 0 Å². The van der Waals surface area contributed by atoms with Gasteiger partial charge in [0.05, 0.1) is 22.2 Å². The zero-order chi connectivity index (χ0) is 15.1. The third-order valence-electron chi connectivity index (χ3n) is 4.10. The number of thiophene rings is 1. The molecule has 0 aromatic carbocycles. The van der Waals surface area contributed by atoms with Crippen LogP contribution in [0.3, 0.4) is 0 Å². The molecule has 0 spiro atoms. The first kappa shape index (κ1) is 14.3. The summed E-state index contributed by atoms with van der Waals surface area (Å²) in [5.41, 5.74) is 12.0. The van der Waals surface area contributed by atoms with E-state index in [9.17, 15) is 14.7 Å². The molecule has 2 heterocycles. The molecule has 3 rings (SSSR count). The summed E-state index contributed by atoms with van der Waals surface area (Å²) in [6, 6.07) is 0. The summed E-state index contributed by atoms with van der Waals surface area (Å²) in [5.74, 6) is -0.509. The van der Waals surface area contributed by atoms with Gasteiger partial charge < -0.3 is 21.5 Å². The second-order valence-corrected chi connectivity index (χ2v) is 6.75. The third-order valence-corrected chi connectivity index (χ3v) is 5.38. The summed E-state index contributed by atoms with van der Waals surface area (Å²) in [6.07, 6.45) is 2.77. The van der Waals surface area contributed by atoms with E-state index < -0.39 is 5.91 Å². The molecule has 0 bridgehead atoms. The number of hydrogen-bond acceptors (Lipinski definition) is 6. The van der Waals surface area contributed by atoms with Crippen LogP contribution in [0.15, 0.2) is 0 Å². The smallest absolute Gasteiger partial charge is 0.253 e. The number of aliphatic hydroxyl groups excluding tert-OH is 1. The zero-order valence-electron chi connectivity index (χ0n) is 11.7. The van der Waals surface area contributed by atoms with E-state index in [0.29, 0.717) is 35.8 Å². The fraction of sp³-hybridized carbons (Fsp3) is 0.571. The molecule has 1 aliphatic heterocycles. The Kier molecular flexibility index (Phi) is 3.62. The van der Waals surface area contributed by atoms with Crippen molar-refractivity contribution >= 4 is 33.7 Å². The summed E-state index contributed by atoms with van der Waals surface area (Å²) in [6.45, 7) is 1.27. The minimum Gasteiger partial charge on any atom is -0.397 e.